The molecular formula is C21H18F4N8O2. The first-order valence-corrected chi connectivity index (χ1v) is 10.1. The third-order valence-corrected chi connectivity index (χ3v) is 4.97. The van der Waals surface area contributed by atoms with Crippen molar-refractivity contribution in [2.45, 2.75) is 13.2 Å². The molecule has 4 heterocycles. The van der Waals surface area contributed by atoms with Crippen LogP contribution >= 0.6 is 0 Å². The molecular weight excluding hydrogens is 472 g/mol. The number of anilines is 3. The molecule has 0 saturated carbocycles. The van der Waals surface area contributed by atoms with E-state index in [0.29, 0.717) is 28.8 Å². The van der Waals surface area contributed by atoms with Crippen molar-refractivity contribution in [2.75, 3.05) is 29.5 Å². The molecule has 0 aliphatic carbocycles. The van der Waals surface area contributed by atoms with E-state index < -0.39 is 12.8 Å². The van der Waals surface area contributed by atoms with Crippen molar-refractivity contribution in [3.63, 3.8) is 0 Å². The molecule has 0 spiro atoms. The van der Waals surface area contributed by atoms with Gasteiger partial charge in [-0.15, -0.1) is 0 Å². The van der Waals surface area contributed by atoms with Crippen LogP contribution in [0.25, 0.3) is 22.6 Å². The van der Waals surface area contributed by atoms with Crippen LogP contribution in [0.4, 0.5) is 39.7 Å². The van der Waals surface area contributed by atoms with E-state index in [2.05, 4.69) is 20.1 Å². The van der Waals surface area contributed by atoms with Gasteiger partial charge in [0, 0.05) is 11.8 Å². The number of fused-ring (bicyclic) bond motifs is 1. The van der Waals surface area contributed by atoms with Crippen molar-refractivity contribution < 1.29 is 27.1 Å². The lowest BCUT2D eigenvalue weighted by atomic mass is 10.2. The number of amides is 1. The lowest BCUT2D eigenvalue weighted by molar-refractivity contribution is 0.00818. The van der Waals surface area contributed by atoms with Gasteiger partial charge in [0.2, 0.25) is 0 Å². The first-order valence-electron chi connectivity index (χ1n) is 10.1. The molecule has 5 rings (SSSR count). The van der Waals surface area contributed by atoms with E-state index in [1.54, 1.807) is 35.1 Å². The van der Waals surface area contributed by atoms with Crippen molar-refractivity contribution in [1.82, 2.24) is 24.7 Å². The summed E-state index contributed by atoms with van der Waals surface area (Å²) in [6.45, 7) is -2.96. The monoisotopic (exact) mass is 490 g/mol. The summed E-state index contributed by atoms with van der Waals surface area (Å²) in [6, 6.07) is 10.0. The fourth-order valence-corrected chi connectivity index (χ4v) is 3.54. The summed E-state index contributed by atoms with van der Waals surface area (Å²) in [7, 11) is 0. The number of hydrogen-bond acceptors (Lipinski definition) is 8. The molecule has 35 heavy (non-hydrogen) atoms. The molecule has 10 nitrogen and oxygen atoms in total. The number of nitrogens with two attached hydrogens (primary N) is 2. The number of nitrogens with zero attached hydrogens (tertiary/aromatic N) is 6. The van der Waals surface area contributed by atoms with E-state index in [1.807, 2.05) is 6.07 Å². The largest absolute Gasteiger partial charge is 0.447 e. The molecule has 1 aliphatic heterocycles. The standard InChI is InChI=1S/C20H17FN8O2.CHF3/c21-13-6-2-1-4-11(13)10-29-19-12(5-3-7-24-19)14(27-29)18-25-16(22)15(17(23)26-18)28-8-9-31-20(28)30;2-1(3)4/h1-7H,8-10H2,(H4,22,23,25,26);1H. The number of carbonyl (C=O) groups is 1. The van der Waals surface area contributed by atoms with E-state index in [0.717, 1.165) is 0 Å². The van der Waals surface area contributed by atoms with Gasteiger partial charge >= 0.3 is 12.8 Å². The molecule has 182 valence electrons. The van der Waals surface area contributed by atoms with E-state index in [-0.39, 0.29) is 42.1 Å². The van der Waals surface area contributed by atoms with Crippen molar-refractivity contribution in [1.29, 1.82) is 0 Å². The molecule has 0 atom stereocenters. The fraction of sp³-hybridized carbons (Fsp3) is 0.190. The SMILES string of the molecule is FC(F)F.Nc1nc(-c2nn(Cc3ccccc3F)c3ncccc23)nc(N)c1N1CCOC1=O. The lowest BCUT2D eigenvalue weighted by Crippen LogP contribution is -2.26. The molecule has 4 aromatic rings. The van der Waals surface area contributed by atoms with Gasteiger partial charge in [-0.3, -0.25) is 4.90 Å². The average molecular weight is 490 g/mol. The Bertz CT molecular complexity index is 1350. The van der Waals surface area contributed by atoms with Gasteiger partial charge in [0.05, 0.1) is 18.5 Å². The van der Waals surface area contributed by atoms with Crippen molar-refractivity contribution in [3.8, 4) is 11.5 Å². The van der Waals surface area contributed by atoms with Gasteiger partial charge in [-0.2, -0.15) is 18.3 Å². The van der Waals surface area contributed by atoms with Gasteiger partial charge in [-0.25, -0.2) is 28.8 Å². The van der Waals surface area contributed by atoms with Crippen LogP contribution < -0.4 is 16.4 Å². The summed E-state index contributed by atoms with van der Waals surface area (Å²) in [5.41, 5.74) is 13.8. The molecule has 4 N–H and O–H groups in total. The number of alkyl halides is 3. The molecule has 1 amide bonds. The van der Waals surface area contributed by atoms with Crippen molar-refractivity contribution in [3.05, 3.63) is 54.0 Å². The summed E-state index contributed by atoms with van der Waals surface area (Å²) < 4.78 is 49.7. The van der Waals surface area contributed by atoms with E-state index in [4.69, 9.17) is 16.2 Å². The first kappa shape index (κ1) is 23.7. The maximum absolute atomic E-state index is 14.2. The van der Waals surface area contributed by atoms with E-state index in [9.17, 15) is 22.4 Å². The van der Waals surface area contributed by atoms with Crippen LogP contribution in [0.2, 0.25) is 0 Å². The maximum atomic E-state index is 14.2. The second kappa shape index (κ2) is 9.79. The lowest BCUT2D eigenvalue weighted by Gasteiger charge is -2.16. The molecule has 3 aromatic heterocycles. The Morgan fingerprint density at radius 2 is 1.74 bits per heavy atom. The number of cyclic esters (lactones) is 1. The predicted molar refractivity (Wildman–Crippen MR) is 119 cm³/mol. The number of rotatable bonds is 4. The molecule has 1 fully saturated rings. The normalized spacial score (nSPS) is 13.2. The number of halogens is 4. The van der Waals surface area contributed by atoms with Crippen LogP contribution in [-0.2, 0) is 11.3 Å². The summed E-state index contributed by atoms with van der Waals surface area (Å²) in [6.07, 6.45) is 1.07. The topological polar surface area (TPSA) is 138 Å². The van der Waals surface area contributed by atoms with Crippen molar-refractivity contribution >= 4 is 34.4 Å². The van der Waals surface area contributed by atoms with Crippen LogP contribution in [0.1, 0.15) is 5.56 Å². The Hall–Kier alpha value is -4.49. The van der Waals surface area contributed by atoms with Crippen LogP contribution in [0.15, 0.2) is 42.6 Å². The highest BCUT2D eigenvalue weighted by molar-refractivity contribution is 5.97. The van der Waals surface area contributed by atoms with Gasteiger partial charge in [-0.1, -0.05) is 18.2 Å². The Labute approximate surface area is 195 Å². The minimum atomic E-state index is -3.67. The number of hydrogen-bond donors (Lipinski definition) is 2. The van der Waals surface area contributed by atoms with Crippen molar-refractivity contribution in [2.24, 2.45) is 0 Å². The summed E-state index contributed by atoms with van der Waals surface area (Å²) in [4.78, 5) is 26.2. The number of benzene rings is 1. The van der Waals surface area contributed by atoms with Gasteiger partial charge < -0.3 is 16.2 Å². The molecule has 1 saturated heterocycles. The minimum absolute atomic E-state index is 0.0297. The first-order chi connectivity index (χ1) is 16.8. The smallest absolute Gasteiger partial charge is 0.414 e. The zero-order chi connectivity index (χ0) is 25.1. The number of carbonyl (C=O) groups excluding carboxylic acids is 1. The maximum Gasteiger partial charge on any atom is 0.414 e. The Kier molecular flexibility index (Phi) is 6.62. The van der Waals surface area contributed by atoms with E-state index >= 15 is 0 Å². The number of aromatic nitrogens is 5. The summed E-state index contributed by atoms with van der Waals surface area (Å²) >= 11 is 0. The van der Waals surface area contributed by atoms with Gasteiger partial charge in [0.15, 0.2) is 23.1 Å². The highest BCUT2D eigenvalue weighted by atomic mass is 19.4. The zero-order valence-electron chi connectivity index (χ0n) is 17.9. The molecule has 0 bridgehead atoms. The predicted octanol–water partition coefficient (Wildman–Crippen LogP) is 3.38. The zero-order valence-corrected chi connectivity index (χ0v) is 17.9. The fourth-order valence-electron chi connectivity index (χ4n) is 3.54. The minimum Gasteiger partial charge on any atom is -0.447 e. The van der Waals surface area contributed by atoms with E-state index in [1.165, 1.54) is 11.0 Å². The quantitative estimate of drug-likeness (QED) is 0.415. The van der Waals surface area contributed by atoms with Crippen LogP contribution in [0.5, 0.6) is 0 Å². The summed E-state index contributed by atoms with van der Waals surface area (Å²) in [5.74, 6) is -0.101. The Morgan fingerprint density at radius 3 is 2.37 bits per heavy atom. The highest BCUT2D eigenvalue weighted by Crippen LogP contribution is 2.33. The molecule has 0 unspecified atom stereocenters. The molecule has 0 radical (unpaired) electrons. The van der Waals surface area contributed by atoms with Gasteiger partial charge in [-0.05, 0) is 18.2 Å². The third kappa shape index (κ3) is 4.90. The number of pyridine rings is 1. The molecule has 14 heteroatoms. The Balaban J connectivity index is 0.000000672. The second-order valence-corrected chi connectivity index (χ2v) is 7.15. The average Bonchev–Trinajstić information content (AvgIpc) is 3.38. The number of nitrogen functional groups attached to an aromatic ring is 2. The Morgan fingerprint density at radius 1 is 1.06 bits per heavy atom. The summed E-state index contributed by atoms with van der Waals surface area (Å²) in [5, 5.41) is 5.22. The van der Waals surface area contributed by atoms with Gasteiger partial charge in [0.1, 0.15) is 23.8 Å². The number of ether oxygens (including phenoxy) is 1. The third-order valence-electron chi connectivity index (χ3n) is 4.97. The van der Waals surface area contributed by atoms with Crippen LogP contribution in [0.3, 0.4) is 0 Å². The molecule has 1 aliphatic rings. The van der Waals surface area contributed by atoms with Crippen LogP contribution in [-0.4, -0.2) is 50.7 Å². The molecule has 1 aromatic carbocycles. The van der Waals surface area contributed by atoms with Crippen LogP contribution in [0, 0.1) is 5.82 Å². The van der Waals surface area contributed by atoms with Gasteiger partial charge in [0.25, 0.3) is 0 Å². The second-order valence-electron chi connectivity index (χ2n) is 7.15. The highest BCUT2D eigenvalue weighted by Gasteiger charge is 2.29.